The number of fused-ring (bicyclic) bond motifs is 2. The third-order valence-electron chi connectivity index (χ3n) is 10.0. The maximum atomic E-state index is 13.3. The van der Waals surface area contributed by atoms with Gasteiger partial charge in [0.05, 0.1) is 36.9 Å². The molecule has 0 fully saturated rings. The summed E-state index contributed by atoms with van der Waals surface area (Å²) < 4.78 is 57.5. The van der Waals surface area contributed by atoms with Gasteiger partial charge in [-0.05, 0) is 89.7 Å². The van der Waals surface area contributed by atoms with Crippen LogP contribution in [0.25, 0.3) is 17.1 Å². The number of nitrogens with zero attached hydrogens (tertiary/aromatic N) is 4. The minimum absolute atomic E-state index is 0.00182. The number of ketones is 2. The average Bonchev–Trinajstić information content (AvgIpc) is 3.94. The van der Waals surface area contributed by atoms with Crippen LogP contribution < -0.4 is 9.44 Å². The zero-order chi connectivity index (χ0) is 46.1. The molecule has 328 valence electrons. The van der Waals surface area contributed by atoms with Gasteiger partial charge in [0.25, 0.3) is 20.0 Å². The Hall–Kier alpha value is -5.68. The van der Waals surface area contributed by atoms with E-state index in [9.17, 15) is 26.4 Å². The van der Waals surface area contributed by atoms with Gasteiger partial charge in [-0.25, -0.2) is 31.8 Å². The number of H-pyrrole nitrogens is 1. The minimum Gasteiger partial charge on any atom is -0.346 e. The van der Waals surface area contributed by atoms with Gasteiger partial charge < -0.3 is 4.98 Å². The molecule has 0 aliphatic heterocycles. The van der Waals surface area contributed by atoms with E-state index in [4.69, 9.17) is 46.4 Å². The number of hydrogen-bond donors (Lipinski definition) is 3. The van der Waals surface area contributed by atoms with E-state index in [2.05, 4.69) is 34.4 Å². The van der Waals surface area contributed by atoms with Crippen LogP contribution in [0.1, 0.15) is 82.2 Å². The lowest BCUT2D eigenvalue weighted by molar-refractivity contribution is 0.102. The summed E-state index contributed by atoms with van der Waals surface area (Å²) in [4.78, 5) is 46.3. The fourth-order valence-electron chi connectivity index (χ4n) is 6.80. The number of aromatic nitrogens is 5. The molecular weight excluding hydrogens is 940 g/mol. The Kier molecular flexibility index (Phi) is 13.3. The van der Waals surface area contributed by atoms with Gasteiger partial charge in [0, 0.05) is 69.5 Å². The van der Waals surface area contributed by atoms with Crippen LogP contribution in [0.15, 0.2) is 114 Å². The van der Waals surface area contributed by atoms with Gasteiger partial charge in [0.15, 0.2) is 0 Å². The van der Waals surface area contributed by atoms with Crippen LogP contribution in [0.4, 0.5) is 11.4 Å². The molecule has 0 saturated carbocycles. The Labute approximate surface area is 389 Å². The number of nitrogens with one attached hydrogen (secondary N) is 3. The number of hydrogen-bond acceptors (Lipinski definition) is 10. The zero-order valence-corrected chi connectivity index (χ0v) is 39.0. The van der Waals surface area contributed by atoms with Gasteiger partial charge in [-0.3, -0.25) is 24.0 Å². The number of pyridine rings is 4. The van der Waals surface area contributed by atoms with Crippen LogP contribution in [0.3, 0.4) is 0 Å². The van der Waals surface area contributed by atoms with Crippen LogP contribution >= 0.6 is 46.4 Å². The predicted octanol–water partition coefficient (Wildman–Crippen LogP) is 10.5. The van der Waals surface area contributed by atoms with Crippen molar-refractivity contribution in [3.8, 4) is 0 Å². The van der Waals surface area contributed by atoms with E-state index in [-0.39, 0.29) is 48.0 Å². The van der Waals surface area contributed by atoms with Crippen molar-refractivity contribution in [2.24, 2.45) is 0 Å². The number of carbonyl (C=O) groups excluding carboxylic acids is 2. The lowest BCUT2D eigenvalue weighted by Crippen LogP contribution is -2.19. The van der Waals surface area contributed by atoms with Crippen molar-refractivity contribution in [2.75, 3.05) is 9.44 Å². The number of sulfonamides is 2. The lowest BCUT2D eigenvalue weighted by Gasteiger charge is -2.21. The van der Waals surface area contributed by atoms with Crippen LogP contribution in [0.2, 0.25) is 20.1 Å². The van der Waals surface area contributed by atoms with E-state index in [0.717, 1.165) is 5.69 Å². The molecule has 5 aromatic heterocycles. The number of benzene rings is 2. The average molecular weight is 978 g/mol. The molecule has 0 atom stereocenters. The first-order valence-corrected chi connectivity index (χ1v) is 23.9. The second-order valence-electron chi connectivity index (χ2n) is 15.4. The molecule has 19 heteroatoms. The summed E-state index contributed by atoms with van der Waals surface area (Å²) in [5, 5.41) is 1.92. The summed E-state index contributed by atoms with van der Waals surface area (Å²) in [7, 11) is -8.09. The van der Waals surface area contributed by atoms with Crippen molar-refractivity contribution >= 4 is 107 Å². The Bertz CT molecular complexity index is 3260. The number of carbonyl (C=O) groups is 2. The van der Waals surface area contributed by atoms with Gasteiger partial charge in [-0.15, -0.1) is 0 Å². The van der Waals surface area contributed by atoms with Gasteiger partial charge >= 0.3 is 0 Å². The van der Waals surface area contributed by atoms with Gasteiger partial charge in [-0.2, -0.15) is 0 Å². The highest BCUT2D eigenvalue weighted by Crippen LogP contribution is 2.34. The van der Waals surface area contributed by atoms with E-state index >= 15 is 0 Å². The Balaban J connectivity index is 0.000000192. The number of rotatable bonds is 11. The van der Waals surface area contributed by atoms with E-state index in [1.165, 1.54) is 61.1 Å². The molecule has 0 unspecified atom stereocenters. The third kappa shape index (κ3) is 9.84. The maximum Gasteiger partial charge on any atom is 0.261 e. The monoisotopic (exact) mass is 975 g/mol. The SMILES string of the molecule is CC(C)(C)c1cc(S(=O)(=O)Nc2cc(Cl)cnc2C(=O)c2ccnc3[nH]ccc23)ccc1Cl.CCc1cc(S(=O)(=O)Nc2cc(Cl)cnc2C(=O)c2ccnc3c2C=CC3)ccc1Cl. The van der Waals surface area contributed by atoms with Crippen molar-refractivity contribution < 1.29 is 26.4 Å². The van der Waals surface area contributed by atoms with Crippen molar-refractivity contribution in [3.05, 3.63) is 169 Å². The Morgan fingerprint density at radius 1 is 0.703 bits per heavy atom. The van der Waals surface area contributed by atoms with Crippen LogP contribution in [-0.4, -0.2) is 53.3 Å². The number of aryl methyl sites for hydroxylation is 1. The summed E-state index contributed by atoms with van der Waals surface area (Å²) in [6, 6.07) is 16.5. The van der Waals surface area contributed by atoms with Gasteiger partial charge in [-0.1, -0.05) is 86.3 Å². The van der Waals surface area contributed by atoms with E-state index in [0.29, 0.717) is 61.7 Å². The fraction of sp³-hybridized carbons (Fsp3) is 0.156. The molecule has 1 aliphatic carbocycles. The van der Waals surface area contributed by atoms with Crippen molar-refractivity contribution in [2.45, 2.75) is 55.7 Å². The molecule has 0 radical (unpaired) electrons. The summed E-state index contributed by atoms with van der Waals surface area (Å²) in [6.45, 7) is 7.69. The first-order chi connectivity index (χ1) is 30.3. The molecule has 13 nitrogen and oxygen atoms in total. The zero-order valence-electron chi connectivity index (χ0n) is 34.4. The van der Waals surface area contributed by atoms with E-state index in [1.54, 1.807) is 36.7 Å². The van der Waals surface area contributed by atoms with Gasteiger partial charge in [0.2, 0.25) is 11.6 Å². The second kappa shape index (κ2) is 18.4. The first-order valence-electron chi connectivity index (χ1n) is 19.4. The fourth-order valence-corrected chi connectivity index (χ4v) is 9.96. The molecule has 8 rings (SSSR count). The largest absolute Gasteiger partial charge is 0.346 e. The molecule has 0 bridgehead atoms. The molecule has 0 spiro atoms. The summed E-state index contributed by atoms with van der Waals surface area (Å²) >= 11 is 24.5. The molecule has 1 aliphatic rings. The van der Waals surface area contributed by atoms with Crippen LogP contribution in [-0.2, 0) is 38.3 Å². The van der Waals surface area contributed by atoms with E-state index < -0.39 is 31.6 Å². The smallest absolute Gasteiger partial charge is 0.261 e. The molecule has 5 heterocycles. The van der Waals surface area contributed by atoms with Crippen LogP contribution in [0, 0.1) is 0 Å². The molecule has 0 saturated heterocycles. The van der Waals surface area contributed by atoms with Crippen molar-refractivity contribution in [1.82, 2.24) is 24.9 Å². The summed E-state index contributed by atoms with van der Waals surface area (Å²) in [5.41, 5.74) is 3.61. The number of halogens is 4. The first kappa shape index (κ1) is 46.3. The highest BCUT2D eigenvalue weighted by atomic mass is 35.5. The quantitative estimate of drug-likeness (QED) is 0.105. The topological polar surface area (TPSA) is 194 Å². The summed E-state index contributed by atoms with van der Waals surface area (Å²) in [6.07, 6.45) is 12.3. The molecule has 7 aromatic rings. The van der Waals surface area contributed by atoms with E-state index in [1.807, 2.05) is 39.8 Å². The number of aromatic amines is 1. The lowest BCUT2D eigenvalue weighted by atomic mass is 9.87. The summed E-state index contributed by atoms with van der Waals surface area (Å²) in [5.74, 6) is -0.896. The Morgan fingerprint density at radius 2 is 1.27 bits per heavy atom. The van der Waals surface area contributed by atoms with Crippen LogP contribution in [0.5, 0.6) is 0 Å². The highest BCUT2D eigenvalue weighted by Gasteiger charge is 2.27. The van der Waals surface area contributed by atoms with Gasteiger partial charge in [0.1, 0.15) is 17.0 Å². The van der Waals surface area contributed by atoms with Crippen molar-refractivity contribution in [3.63, 3.8) is 0 Å². The van der Waals surface area contributed by atoms with Crippen molar-refractivity contribution in [1.29, 1.82) is 0 Å². The standard InChI is InChI=1S/C23H20Cl2N4O3S.C22H17Cl2N3O3S/c1-23(2,3)17-11-14(4-5-18(17)25)33(31,32)29-19-10-13(24)12-28-20(19)21(30)15-6-8-26-22-16(15)7-9-27-22;1-2-13-10-15(6-7-18(13)24)31(29,30)27-20-11-14(23)12-26-21(20)22(28)17-8-9-25-19-5-3-4-16(17)19/h4-12,29H,1-3H3,(H,26,27);3-4,6-12,27H,2,5H2,1H3. The predicted molar refractivity (Wildman–Crippen MR) is 251 cm³/mol. The third-order valence-corrected chi connectivity index (χ3v) is 13.8. The molecular formula is C45H37Cl4N7O6S2. The molecule has 2 aromatic carbocycles. The highest BCUT2D eigenvalue weighted by molar-refractivity contribution is 7.93. The Morgan fingerprint density at radius 3 is 1.88 bits per heavy atom. The maximum absolute atomic E-state index is 13.3. The molecule has 64 heavy (non-hydrogen) atoms. The normalized spacial score (nSPS) is 12.4. The number of allylic oxidation sites excluding steroid dienone is 1. The minimum atomic E-state index is -4.08. The second-order valence-corrected chi connectivity index (χ2v) is 20.4. The molecule has 0 amide bonds. The number of anilines is 2. The molecule has 3 N–H and O–H groups in total.